The van der Waals surface area contributed by atoms with E-state index in [0.29, 0.717) is 17.6 Å². The van der Waals surface area contributed by atoms with E-state index in [1.54, 1.807) is 0 Å². The van der Waals surface area contributed by atoms with Crippen LogP contribution in [0.15, 0.2) is 24.3 Å². The van der Waals surface area contributed by atoms with Gasteiger partial charge in [0.05, 0.1) is 6.10 Å². The number of benzene rings is 1. The van der Waals surface area contributed by atoms with Gasteiger partial charge in [-0.05, 0) is 51.2 Å². The van der Waals surface area contributed by atoms with Crippen molar-refractivity contribution in [2.45, 2.75) is 25.0 Å². The molecule has 1 aromatic rings. The molecule has 0 amide bonds. The minimum absolute atomic E-state index is 0.432. The van der Waals surface area contributed by atoms with Crippen LogP contribution in [0.1, 0.15) is 24.5 Å². The average molecular weight is 283 g/mol. The van der Waals surface area contributed by atoms with Crippen molar-refractivity contribution in [2.75, 3.05) is 33.7 Å². The van der Waals surface area contributed by atoms with Gasteiger partial charge in [-0.2, -0.15) is 0 Å². The number of likely N-dealkylation sites (tertiary alicyclic amines) is 1. The Hall–Kier alpha value is -0.610. The molecule has 0 aliphatic carbocycles. The van der Waals surface area contributed by atoms with Crippen molar-refractivity contribution in [1.82, 2.24) is 9.80 Å². The number of piperidine rings is 1. The third kappa shape index (κ3) is 4.18. The lowest BCUT2D eigenvalue weighted by molar-refractivity contribution is 0.0722. The van der Waals surface area contributed by atoms with Crippen molar-refractivity contribution in [3.63, 3.8) is 0 Å². The molecule has 1 saturated heterocycles. The lowest BCUT2D eigenvalue weighted by Crippen LogP contribution is -2.46. The molecular weight excluding hydrogens is 260 g/mol. The molecule has 0 radical (unpaired) electrons. The highest BCUT2D eigenvalue weighted by molar-refractivity contribution is 6.30. The Morgan fingerprint density at radius 1 is 1.37 bits per heavy atom. The van der Waals surface area contributed by atoms with E-state index in [-0.39, 0.29) is 0 Å². The predicted octanol–water partition coefficient (Wildman–Crippen LogP) is 2.40. The SMILES string of the molecule is CN(C)C1CCCN(CC(O)c2ccc(Cl)cc2)C1. The summed E-state index contributed by atoms with van der Waals surface area (Å²) in [4.78, 5) is 4.63. The molecule has 1 N–H and O–H groups in total. The molecule has 3 nitrogen and oxygen atoms in total. The van der Waals surface area contributed by atoms with Gasteiger partial charge in [-0.1, -0.05) is 23.7 Å². The van der Waals surface area contributed by atoms with Gasteiger partial charge in [0.1, 0.15) is 0 Å². The summed E-state index contributed by atoms with van der Waals surface area (Å²) in [6.07, 6.45) is 2.02. The molecule has 0 aromatic heterocycles. The Bertz CT molecular complexity index is 394. The lowest BCUT2D eigenvalue weighted by Gasteiger charge is -2.37. The quantitative estimate of drug-likeness (QED) is 0.919. The van der Waals surface area contributed by atoms with Crippen molar-refractivity contribution in [3.05, 3.63) is 34.9 Å². The van der Waals surface area contributed by atoms with E-state index in [9.17, 15) is 5.11 Å². The Kier molecular flexibility index (Phi) is 5.22. The molecule has 2 atom stereocenters. The van der Waals surface area contributed by atoms with Gasteiger partial charge in [-0.25, -0.2) is 0 Å². The summed E-state index contributed by atoms with van der Waals surface area (Å²) in [7, 11) is 4.26. The molecule has 4 heteroatoms. The standard InChI is InChI=1S/C15H23ClN2O/c1-17(2)14-4-3-9-18(10-14)11-15(19)12-5-7-13(16)8-6-12/h5-8,14-15,19H,3-4,9-11H2,1-2H3. The van der Waals surface area contributed by atoms with Gasteiger partial charge in [0.2, 0.25) is 0 Å². The first-order chi connectivity index (χ1) is 9.06. The maximum atomic E-state index is 10.3. The second kappa shape index (κ2) is 6.71. The summed E-state index contributed by atoms with van der Waals surface area (Å²) in [5.74, 6) is 0. The van der Waals surface area contributed by atoms with Crippen molar-refractivity contribution in [3.8, 4) is 0 Å². The number of halogens is 1. The van der Waals surface area contributed by atoms with E-state index in [1.165, 1.54) is 12.8 Å². The molecule has 106 valence electrons. The summed E-state index contributed by atoms with van der Waals surface area (Å²) >= 11 is 5.86. The maximum Gasteiger partial charge on any atom is 0.0916 e. The van der Waals surface area contributed by atoms with E-state index < -0.39 is 6.10 Å². The fraction of sp³-hybridized carbons (Fsp3) is 0.600. The van der Waals surface area contributed by atoms with Gasteiger partial charge in [-0.15, -0.1) is 0 Å². The van der Waals surface area contributed by atoms with Crippen LogP contribution in [0, 0.1) is 0 Å². The monoisotopic (exact) mass is 282 g/mol. The summed E-state index contributed by atoms with van der Waals surface area (Å²) in [6, 6.07) is 8.07. The van der Waals surface area contributed by atoms with Crippen LogP contribution in [0.3, 0.4) is 0 Å². The number of likely N-dealkylation sites (N-methyl/N-ethyl adjacent to an activating group) is 1. The zero-order valence-electron chi connectivity index (χ0n) is 11.7. The number of rotatable bonds is 4. The highest BCUT2D eigenvalue weighted by Gasteiger charge is 2.23. The van der Waals surface area contributed by atoms with E-state index >= 15 is 0 Å². The Labute approximate surface area is 120 Å². The number of β-amino-alcohol motifs (C(OH)–C–C–N with tert-alkyl or cyclic N) is 1. The van der Waals surface area contributed by atoms with Crippen LogP contribution in [-0.4, -0.2) is 54.7 Å². The molecule has 1 aliphatic rings. The van der Waals surface area contributed by atoms with E-state index in [0.717, 1.165) is 18.7 Å². The first kappa shape index (κ1) is 14.8. The number of aliphatic hydroxyl groups is 1. The van der Waals surface area contributed by atoms with E-state index in [2.05, 4.69) is 23.9 Å². The van der Waals surface area contributed by atoms with Crippen molar-refractivity contribution in [2.24, 2.45) is 0 Å². The molecule has 2 unspecified atom stereocenters. The molecule has 1 aliphatic heterocycles. The molecule has 1 heterocycles. The molecule has 0 bridgehead atoms. The van der Waals surface area contributed by atoms with Crippen LogP contribution >= 0.6 is 11.6 Å². The van der Waals surface area contributed by atoms with Gasteiger partial charge >= 0.3 is 0 Å². The molecule has 1 aromatic carbocycles. The Morgan fingerprint density at radius 2 is 2.05 bits per heavy atom. The topological polar surface area (TPSA) is 26.7 Å². The summed E-state index contributed by atoms with van der Waals surface area (Å²) in [5, 5.41) is 11.0. The van der Waals surface area contributed by atoms with Gasteiger partial charge in [0.15, 0.2) is 0 Å². The zero-order chi connectivity index (χ0) is 13.8. The lowest BCUT2D eigenvalue weighted by atomic mass is 10.0. The largest absolute Gasteiger partial charge is 0.387 e. The first-order valence-electron chi connectivity index (χ1n) is 6.88. The van der Waals surface area contributed by atoms with Crippen LogP contribution in [0.2, 0.25) is 5.02 Å². The number of hydrogen-bond acceptors (Lipinski definition) is 3. The van der Waals surface area contributed by atoms with E-state index in [4.69, 9.17) is 11.6 Å². The third-order valence-electron chi connectivity index (χ3n) is 3.90. The molecule has 1 fully saturated rings. The minimum Gasteiger partial charge on any atom is -0.387 e. The maximum absolute atomic E-state index is 10.3. The van der Waals surface area contributed by atoms with Crippen molar-refractivity contribution in [1.29, 1.82) is 0 Å². The van der Waals surface area contributed by atoms with Gasteiger partial charge in [0, 0.05) is 24.2 Å². The summed E-state index contributed by atoms with van der Waals surface area (Å²) in [5.41, 5.74) is 0.941. The molecule has 0 saturated carbocycles. The number of nitrogens with zero attached hydrogens (tertiary/aromatic N) is 2. The van der Waals surface area contributed by atoms with Crippen LogP contribution in [0.25, 0.3) is 0 Å². The molecule has 19 heavy (non-hydrogen) atoms. The molecular formula is C15H23ClN2O. The first-order valence-corrected chi connectivity index (χ1v) is 7.26. The highest BCUT2D eigenvalue weighted by atomic mass is 35.5. The van der Waals surface area contributed by atoms with Gasteiger partial charge < -0.3 is 10.0 Å². The minimum atomic E-state index is -0.432. The van der Waals surface area contributed by atoms with Gasteiger partial charge in [-0.3, -0.25) is 4.90 Å². The molecule has 0 spiro atoms. The van der Waals surface area contributed by atoms with E-state index in [1.807, 2.05) is 24.3 Å². The number of hydrogen-bond donors (Lipinski definition) is 1. The van der Waals surface area contributed by atoms with Crippen molar-refractivity contribution >= 4 is 11.6 Å². The summed E-state index contributed by atoms with van der Waals surface area (Å²) < 4.78 is 0. The fourth-order valence-electron chi connectivity index (χ4n) is 2.65. The van der Waals surface area contributed by atoms with Crippen LogP contribution in [-0.2, 0) is 0 Å². The predicted molar refractivity (Wildman–Crippen MR) is 79.6 cm³/mol. The van der Waals surface area contributed by atoms with Crippen LogP contribution in [0.5, 0.6) is 0 Å². The second-order valence-corrected chi connectivity index (χ2v) is 6.02. The normalized spacial score (nSPS) is 22.7. The number of aliphatic hydroxyl groups excluding tert-OH is 1. The van der Waals surface area contributed by atoms with Crippen molar-refractivity contribution < 1.29 is 5.11 Å². The average Bonchev–Trinajstić information content (AvgIpc) is 2.39. The fourth-order valence-corrected chi connectivity index (χ4v) is 2.78. The highest BCUT2D eigenvalue weighted by Crippen LogP contribution is 2.20. The van der Waals surface area contributed by atoms with Crippen LogP contribution < -0.4 is 0 Å². The Morgan fingerprint density at radius 3 is 2.68 bits per heavy atom. The van der Waals surface area contributed by atoms with Crippen LogP contribution in [0.4, 0.5) is 0 Å². The second-order valence-electron chi connectivity index (χ2n) is 5.59. The summed E-state index contributed by atoms with van der Waals surface area (Å²) in [6.45, 7) is 2.82. The molecule has 2 rings (SSSR count). The zero-order valence-corrected chi connectivity index (χ0v) is 12.5. The Balaban J connectivity index is 1.91. The smallest absolute Gasteiger partial charge is 0.0916 e. The van der Waals surface area contributed by atoms with Gasteiger partial charge in [0.25, 0.3) is 0 Å². The third-order valence-corrected chi connectivity index (χ3v) is 4.15.